The molecule has 0 saturated carbocycles. The first-order chi connectivity index (χ1) is 10.1. The number of nitrogens with zero attached hydrogens (tertiary/aromatic N) is 3. The second kappa shape index (κ2) is 7.03. The predicted molar refractivity (Wildman–Crippen MR) is 83.6 cm³/mol. The molecule has 1 aromatic heterocycles. The molecule has 1 N–H and O–H groups in total. The number of nitro benzene ring substituents is 1. The normalized spacial score (nSPS) is 10.4. The van der Waals surface area contributed by atoms with Crippen LogP contribution in [0.1, 0.15) is 18.4 Å². The Morgan fingerprint density at radius 1 is 1.33 bits per heavy atom. The standard InChI is InChI=1S/C14H16N4O2S/c1-3-15-13-8-10(2)16-14(17-13)9-21-12-7-5-4-6-11(12)18(19)20/h4-8H,3,9H2,1-2H3,(H,15,16,17). The molecule has 6 nitrogen and oxygen atoms in total. The van der Waals surface area contributed by atoms with Crippen molar-refractivity contribution >= 4 is 23.3 Å². The summed E-state index contributed by atoms with van der Waals surface area (Å²) in [6, 6.07) is 8.57. The van der Waals surface area contributed by atoms with E-state index in [9.17, 15) is 10.1 Å². The Morgan fingerprint density at radius 2 is 2.10 bits per heavy atom. The van der Waals surface area contributed by atoms with Gasteiger partial charge in [0.1, 0.15) is 11.6 Å². The van der Waals surface area contributed by atoms with Crippen molar-refractivity contribution in [2.75, 3.05) is 11.9 Å². The van der Waals surface area contributed by atoms with E-state index in [1.165, 1.54) is 17.8 Å². The highest BCUT2D eigenvalue weighted by atomic mass is 32.2. The maximum Gasteiger partial charge on any atom is 0.282 e. The molecule has 0 bridgehead atoms. The molecule has 7 heteroatoms. The zero-order valence-corrected chi connectivity index (χ0v) is 12.7. The van der Waals surface area contributed by atoms with E-state index < -0.39 is 0 Å². The van der Waals surface area contributed by atoms with Crippen LogP contribution in [-0.2, 0) is 5.75 Å². The van der Waals surface area contributed by atoms with Crippen molar-refractivity contribution in [3.05, 3.63) is 52.0 Å². The number of rotatable bonds is 6. The molecule has 0 aliphatic heterocycles. The number of benzene rings is 1. The molecule has 110 valence electrons. The fourth-order valence-electron chi connectivity index (χ4n) is 1.84. The van der Waals surface area contributed by atoms with Gasteiger partial charge in [0.25, 0.3) is 5.69 Å². The smallest absolute Gasteiger partial charge is 0.282 e. The minimum Gasteiger partial charge on any atom is -0.370 e. The zero-order chi connectivity index (χ0) is 15.2. The lowest BCUT2D eigenvalue weighted by atomic mass is 10.3. The van der Waals surface area contributed by atoms with Crippen molar-refractivity contribution in [3.8, 4) is 0 Å². The predicted octanol–water partition coefficient (Wildman–Crippen LogP) is 3.42. The maximum absolute atomic E-state index is 11.0. The van der Waals surface area contributed by atoms with E-state index in [0.29, 0.717) is 16.5 Å². The molecule has 0 aliphatic rings. The first kappa shape index (κ1) is 15.2. The summed E-state index contributed by atoms with van der Waals surface area (Å²) in [4.78, 5) is 20.0. The van der Waals surface area contributed by atoms with Gasteiger partial charge in [-0.2, -0.15) is 0 Å². The Labute approximate surface area is 127 Å². The fourth-order valence-corrected chi connectivity index (χ4v) is 2.72. The Balaban J connectivity index is 2.15. The number of hydrogen-bond donors (Lipinski definition) is 1. The molecule has 0 atom stereocenters. The van der Waals surface area contributed by atoms with Crippen LogP contribution in [-0.4, -0.2) is 21.4 Å². The van der Waals surface area contributed by atoms with E-state index in [1.54, 1.807) is 18.2 Å². The van der Waals surface area contributed by atoms with Crippen LogP contribution in [0.2, 0.25) is 0 Å². The SMILES string of the molecule is CCNc1cc(C)nc(CSc2ccccc2[N+](=O)[O-])n1. The lowest BCUT2D eigenvalue weighted by molar-refractivity contribution is -0.387. The average molecular weight is 304 g/mol. The van der Waals surface area contributed by atoms with Crippen molar-refractivity contribution in [1.29, 1.82) is 0 Å². The second-order valence-corrected chi connectivity index (χ2v) is 5.37. The van der Waals surface area contributed by atoms with Crippen LogP contribution in [0.5, 0.6) is 0 Å². The number of hydrogen-bond acceptors (Lipinski definition) is 6. The summed E-state index contributed by atoms with van der Waals surface area (Å²) in [6.07, 6.45) is 0. The Morgan fingerprint density at radius 3 is 2.81 bits per heavy atom. The van der Waals surface area contributed by atoms with Crippen LogP contribution >= 0.6 is 11.8 Å². The summed E-state index contributed by atoms with van der Waals surface area (Å²) in [5.74, 6) is 1.93. The summed E-state index contributed by atoms with van der Waals surface area (Å²) >= 11 is 1.37. The van der Waals surface area contributed by atoms with Crippen LogP contribution in [0.4, 0.5) is 11.5 Å². The molecule has 0 aliphatic carbocycles. The number of thioether (sulfide) groups is 1. The molecule has 0 unspecified atom stereocenters. The summed E-state index contributed by atoms with van der Waals surface area (Å²) < 4.78 is 0. The van der Waals surface area contributed by atoms with Gasteiger partial charge < -0.3 is 5.32 Å². The third-order valence-electron chi connectivity index (χ3n) is 2.68. The molecule has 0 radical (unpaired) electrons. The zero-order valence-electron chi connectivity index (χ0n) is 11.9. The van der Waals surface area contributed by atoms with Crippen LogP contribution in [0.3, 0.4) is 0 Å². The third kappa shape index (κ3) is 4.16. The average Bonchev–Trinajstić information content (AvgIpc) is 2.45. The van der Waals surface area contributed by atoms with E-state index in [4.69, 9.17) is 0 Å². The number of aryl methyl sites for hydroxylation is 1. The number of aromatic nitrogens is 2. The molecule has 21 heavy (non-hydrogen) atoms. The maximum atomic E-state index is 11.0. The molecular weight excluding hydrogens is 288 g/mol. The van der Waals surface area contributed by atoms with E-state index in [2.05, 4.69) is 15.3 Å². The summed E-state index contributed by atoms with van der Waals surface area (Å²) in [5.41, 5.74) is 0.987. The molecule has 1 aromatic carbocycles. The molecule has 0 saturated heterocycles. The van der Waals surface area contributed by atoms with Gasteiger partial charge in [-0.05, 0) is 19.9 Å². The van der Waals surface area contributed by atoms with E-state index >= 15 is 0 Å². The number of nitrogens with one attached hydrogen (secondary N) is 1. The van der Waals surface area contributed by atoms with Crippen molar-refractivity contribution in [1.82, 2.24) is 9.97 Å². The number of nitro groups is 1. The van der Waals surface area contributed by atoms with Gasteiger partial charge in [0.05, 0.1) is 15.6 Å². The van der Waals surface area contributed by atoms with E-state index in [-0.39, 0.29) is 10.6 Å². The highest BCUT2D eigenvalue weighted by molar-refractivity contribution is 7.98. The van der Waals surface area contributed by atoms with Gasteiger partial charge in [0, 0.05) is 24.4 Å². The van der Waals surface area contributed by atoms with Crippen molar-refractivity contribution < 1.29 is 4.92 Å². The van der Waals surface area contributed by atoms with Gasteiger partial charge in [-0.3, -0.25) is 10.1 Å². The third-order valence-corrected chi connectivity index (χ3v) is 3.74. The largest absolute Gasteiger partial charge is 0.370 e. The Hall–Kier alpha value is -2.15. The molecule has 0 fully saturated rings. The highest BCUT2D eigenvalue weighted by Crippen LogP contribution is 2.30. The van der Waals surface area contributed by atoms with E-state index in [0.717, 1.165) is 18.1 Å². The molecule has 0 amide bonds. The summed E-state index contributed by atoms with van der Waals surface area (Å²) in [7, 11) is 0. The lowest BCUT2D eigenvalue weighted by Gasteiger charge is -2.07. The Bertz CT molecular complexity index is 649. The van der Waals surface area contributed by atoms with Gasteiger partial charge in [-0.15, -0.1) is 11.8 Å². The topological polar surface area (TPSA) is 81.0 Å². The van der Waals surface area contributed by atoms with Crippen molar-refractivity contribution in [2.45, 2.75) is 24.5 Å². The lowest BCUT2D eigenvalue weighted by Crippen LogP contribution is -2.04. The molecule has 1 heterocycles. The van der Waals surface area contributed by atoms with Gasteiger partial charge >= 0.3 is 0 Å². The molecule has 2 rings (SSSR count). The number of para-hydroxylation sites is 1. The van der Waals surface area contributed by atoms with E-state index in [1.807, 2.05) is 19.9 Å². The van der Waals surface area contributed by atoms with Crippen molar-refractivity contribution in [3.63, 3.8) is 0 Å². The van der Waals surface area contributed by atoms with Gasteiger partial charge in [0.2, 0.25) is 0 Å². The van der Waals surface area contributed by atoms with Crippen LogP contribution in [0.25, 0.3) is 0 Å². The monoisotopic (exact) mass is 304 g/mol. The van der Waals surface area contributed by atoms with Gasteiger partial charge in [-0.25, -0.2) is 9.97 Å². The molecule has 0 spiro atoms. The summed E-state index contributed by atoms with van der Waals surface area (Å²) in [5, 5.41) is 14.1. The minimum absolute atomic E-state index is 0.113. The molecule has 2 aromatic rings. The fraction of sp³-hybridized carbons (Fsp3) is 0.286. The quantitative estimate of drug-likeness (QED) is 0.500. The first-order valence-electron chi connectivity index (χ1n) is 6.54. The highest BCUT2D eigenvalue weighted by Gasteiger charge is 2.13. The Kier molecular flexibility index (Phi) is 5.10. The van der Waals surface area contributed by atoms with Gasteiger partial charge in [-0.1, -0.05) is 12.1 Å². The van der Waals surface area contributed by atoms with Crippen LogP contribution < -0.4 is 5.32 Å². The van der Waals surface area contributed by atoms with Crippen molar-refractivity contribution in [2.24, 2.45) is 0 Å². The molecular formula is C14H16N4O2S. The first-order valence-corrected chi connectivity index (χ1v) is 7.53. The van der Waals surface area contributed by atoms with Crippen LogP contribution in [0, 0.1) is 17.0 Å². The number of anilines is 1. The van der Waals surface area contributed by atoms with Gasteiger partial charge in [0.15, 0.2) is 0 Å². The second-order valence-electron chi connectivity index (χ2n) is 4.35. The minimum atomic E-state index is -0.372. The van der Waals surface area contributed by atoms with Crippen LogP contribution in [0.15, 0.2) is 35.2 Å². The summed E-state index contributed by atoms with van der Waals surface area (Å²) in [6.45, 7) is 4.69.